The van der Waals surface area contributed by atoms with Crippen LogP contribution in [-0.2, 0) is 0 Å². The Hall–Kier alpha value is -4.38. The maximum absolute atomic E-state index is 13.1. The molecule has 0 spiro atoms. The molecule has 0 saturated heterocycles. The van der Waals surface area contributed by atoms with Gasteiger partial charge in [-0.05, 0) is 48.2 Å². The minimum atomic E-state index is -0.534. The Kier molecular flexibility index (Phi) is 6.28. The van der Waals surface area contributed by atoms with Crippen molar-refractivity contribution in [1.29, 1.82) is 0 Å². The van der Waals surface area contributed by atoms with Crippen LogP contribution in [0.1, 0.15) is 10.4 Å². The van der Waals surface area contributed by atoms with Gasteiger partial charge in [0.15, 0.2) is 5.04 Å². The largest absolute Gasteiger partial charge is 0.411 e. The molecular weight excluding hydrogens is 432 g/mol. The van der Waals surface area contributed by atoms with Crippen LogP contribution >= 0.6 is 11.8 Å². The molecule has 0 fully saturated rings. The number of thioether (sulfide) groups is 1. The van der Waals surface area contributed by atoms with E-state index in [4.69, 9.17) is 4.42 Å². The summed E-state index contributed by atoms with van der Waals surface area (Å²) in [7, 11) is 0. The first-order valence-electron chi connectivity index (χ1n) is 9.20. The summed E-state index contributed by atoms with van der Waals surface area (Å²) in [6.45, 7) is 0. The van der Waals surface area contributed by atoms with Gasteiger partial charge in [0.05, 0.1) is 16.2 Å². The summed E-state index contributed by atoms with van der Waals surface area (Å²) < 4.78 is 5.64. The maximum atomic E-state index is 13.1. The number of ketones is 1. The zero-order chi connectivity index (χ0) is 22.3. The molecule has 2 heterocycles. The SMILES string of the molecule is O=C(/C(=N\Nc1ccccc1)Sc1nnc(-c2cccnc2)o1)c1ccc([N+](=O)[O-])cc1. The number of benzene rings is 2. The lowest BCUT2D eigenvalue weighted by atomic mass is 10.1. The van der Waals surface area contributed by atoms with E-state index < -0.39 is 10.7 Å². The van der Waals surface area contributed by atoms with E-state index in [0.29, 0.717) is 11.3 Å². The van der Waals surface area contributed by atoms with Crippen LogP contribution in [-0.4, -0.2) is 30.9 Å². The second-order valence-corrected chi connectivity index (χ2v) is 7.18. The monoisotopic (exact) mass is 446 g/mol. The molecule has 11 heteroatoms. The molecule has 1 N–H and O–H groups in total. The molecule has 0 saturated carbocycles. The van der Waals surface area contributed by atoms with Crippen LogP contribution in [0.25, 0.3) is 11.5 Å². The topological polar surface area (TPSA) is 136 Å². The highest BCUT2D eigenvalue weighted by Gasteiger charge is 2.21. The van der Waals surface area contributed by atoms with Crippen LogP contribution in [0, 0.1) is 10.1 Å². The second-order valence-electron chi connectivity index (χ2n) is 6.24. The van der Waals surface area contributed by atoms with E-state index in [1.807, 2.05) is 18.2 Å². The molecule has 2 aromatic carbocycles. The Balaban J connectivity index is 1.61. The van der Waals surface area contributed by atoms with E-state index in [-0.39, 0.29) is 27.4 Å². The van der Waals surface area contributed by atoms with Crippen molar-refractivity contribution in [1.82, 2.24) is 15.2 Å². The highest BCUT2D eigenvalue weighted by atomic mass is 32.2. The number of Topliss-reactive ketones (excluding diaryl/α,β-unsaturated/α-hetero) is 1. The van der Waals surface area contributed by atoms with E-state index in [9.17, 15) is 14.9 Å². The maximum Gasteiger partial charge on any atom is 0.283 e. The average molecular weight is 446 g/mol. The molecule has 0 radical (unpaired) electrons. The van der Waals surface area contributed by atoms with Crippen molar-refractivity contribution in [2.75, 3.05) is 5.43 Å². The van der Waals surface area contributed by atoms with Crippen LogP contribution in [0.15, 0.2) is 93.9 Å². The number of aromatic nitrogens is 3. The Labute approximate surface area is 185 Å². The number of nitrogens with one attached hydrogen (secondary N) is 1. The highest BCUT2D eigenvalue weighted by molar-refractivity contribution is 8.15. The molecule has 0 unspecified atom stereocenters. The Morgan fingerprint density at radius 1 is 1.03 bits per heavy atom. The lowest BCUT2D eigenvalue weighted by Crippen LogP contribution is -2.13. The van der Waals surface area contributed by atoms with Gasteiger partial charge >= 0.3 is 0 Å². The molecule has 4 aromatic rings. The number of para-hydroxylation sites is 1. The van der Waals surface area contributed by atoms with Crippen molar-refractivity contribution in [2.24, 2.45) is 5.10 Å². The average Bonchev–Trinajstić information content (AvgIpc) is 3.31. The Bertz CT molecular complexity index is 1260. The number of hydrogen-bond acceptors (Lipinski definition) is 10. The minimum absolute atomic E-state index is 0.0177. The van der Waals surface area contributed by atoms with Gasteiger partial charge in [0.2, 0.25) is 11.7 Å². The minimum Gasteiger partial charge on any atom is -0.411 e. The van der Waals surface area contributed by atoms with E-state index in [0.717, 1.165) is 11.8 Å². The number of nitrogens with zero attached hydrogens (tertiary/aromatic N) is 5. The summed E-state index contributed by atoms with van der Waals surface area (Å²) in [5, 5.41) is 23.2. The van der Waals surface area contributed by atoms with Crippen LogP contribution in [0.5, 0.6) is 0 Å². The third-order valence-electron chi connectivity index (χ3n) is 4.09. The molecule has 0 amide bonds. The van der Waals surface area contributed by atoms with Gasteiger partial charge in [-0.2, -0.15) is 5.10 Å². The van der Waals surface area contributed by atoms with Gasteiger partial charge < -0.3 is 4.42 Å². The fraction of sp³-hybridized carbons (Fsp3) is 0. The molecule has 158 valence electrons. The molecule has 0 aliphatic rings. The molecule has 0 aliphatic carbocycles. The summed E-state index contributed by atoms with van der Waals surface area (Å²) in [5.41, 5.74) is 4.23. The first-order valence-corrected chi connectivity index (χ1v) is 10.0. The molecule has 4 rings (SSSR count). The van der Waals surface area contributed by atoms with E-state index in [1.54, 1.807) is 36.7 Å². The number of pyridine rings is 1. The van der Waals surface area contributed by atoms with Crippen LogP contribution in [0.2, 0.25) is 0 Å². The van der Waals surface area contributed by atoms with Crippen LogP contribution < -0.4 is 5.43 Å². The van der Waals surface area contributed by atoms with E-state index >= 15 is 0 Å². The zero-order valence-electron chi connectivity index (χ0n) is 16.3. The van der Waals surface area contributed by atoms with Crippen LogP contribution in [0.4, 0.5) is 11.4 Å². The van der Waals surface area contributed by atoms with Gasteiger partial charge in [-0.1, -0.05) is 18.2 Å². The van der Waals surface area contributed by atoms with Gasteiger partial charge in [-0.15, -0.1) is 10.2 Å². The van der Waals surface area contributed by atoms with Crippen molar-refractivity contribution in [2.45, 2.75) is 5.22 Å². The molecule has 0 bridgehead atoms. The fourth-order valence-electron chi connectivity index (χ4n) is 2.55. The number of anilines is 1. The van der Waals surface area contributed by atoms with E-state index in [2.05, 4.69) is 25.7 Å². The molecular formula is C21H14N6O4S. The van der Waals surface area contributed by atoms with Gasteiger partial charge in [0.25, 0.3) is 10.9 Å². The van der Waals surface area contributed by atoms with Gasteiger partial charge in [0, 0.05) is 30.1 Å². The lowest BCUT2D eigenvalue weighted by Gasteiger charge is -2.05. The number of rotatable bonds is 7. The number of carbonyl (C=O) groups is 1. The van der Waals surface area contributed by atoms with Crippen molar-refractivity contribution in [3.8, 4) is 11.5 Å². The predicted molar refractivity (Wildman–Crippen MR) is 118 cm³/mol. The second kappa shape index (κ2) is 9.62. The molecule has 0 aliphatic heterocycles. The van der Waals surface area contributed by atoms with Crippen molar-refractivity contribution >= 4 is 34.0 Å². The summed E-state index contributed by atoms with van der Waals surface area (Å²) in [4.78, 5) is 27.4. The highest BCUT2D eigenvalue weighted by Crippen LogP contribution is 2.25. The number of hydrogen-bond donors (Lipinski definition) is 1. The standard InChI is InChI=1S/C21H14N6O4S/c28-18(14-8-10-17(11-9-14)27(29)30)20(25-23-16-6-2-1-3-7-16)32-21-26-24-19(31-21)15-5-4-12-22-13-15/h1-13,23H/b25-20+. The Morgan fingerprint density at radius 3 is 2.50 bits per heavy atom. The van der Waals surface area contributed by atoms with Gasteiger partial charge in [-0.25, -0.2) is 0 Å². The smallest absolute Gasteiger partial charge is 0.283 e. The number of carbonyl (C=O) groups excluding carboxylic acids is 1. The summed E-state index contributed by atoms with van der Waals surface area (Å²) in [5.74, 6) is -0.215. The number of nitro benzene ring substituents is 1. The van der Waals surface area contributed by atoms with Gasteiger partial charge in [0.1, 0.15) is 0 Å². The van der Waals surface area contributed by atoms with Crippen LogP contribution in [0.3, 0.4) is 0 Å². The fourth-order valence-corrected chi connectivity index (χ4v) is 3.22. The summed E-state index contributed by atoms with van der Waals surface area (Å²) >= 11 is 0.880. The molecule has 10 nitrogen and oxygen atoms in total. The molecule has 32 heavy (non-hydrogen) atoms. The third-order valence-corrected chi connectivity index (χ3v) is 4.90. The quantitative estimate of drug-likeness (QED) is 0.109. The van der Waals surface area contributed by atoms with Crippen molar-refractivity contribution < 1.29 is 14.1 Å². The summed E-state index contributed by atoms with van der Waals surface area (Å²) in [6.07, 6.45) is 3.20. The molecule has 0 atom stereocenters. The van der Waals surface area contributed by atoms with Crippen molar-refractivity contribution in [3.05, 3.63) is 94.8 Å². The Morgan fingerprint density at radius 2 is 1.81 bits per heavy atom. The predicted octanol–water partition coefficient (Wildman–Crippen LogP) is 4.44. The number of non-ortho nitro benzene ring substituents is 1. The van der Waals surface area contributed by atoms with Gasteiger partial charge in [-0.3, -0.25) is 25.3 Å². The third kappa shape index (κ3) is 5.02. The normalized spacial score (nSPS) is 11.2. The van der Waals surface area contributed by atoms with Crippen molar-refractivity contribution in [3.63, 3.8) is 0 Å². The molecule has 2 aromatic heterocycles. The zero-order valence-corrected chi connectivity index (χ0v) is 17.1. The number of nitro groups is 1. The lowest BCUT2D eigenvalue weighted by molar-refractivity contribution is -0.384. The number of hydrazone groups is 1. The first kappa shape index (κ1) is 20.9. The van der Waals surface area contributed by atoms with E-state index in [1.165, 1.54) is 24.3 Å². The first-order chi connectivity index (χ1) is 15.6. The summed E-state index contributed by atoms with van der Waals surface area (Å²) in [6, 6.07) is 17.8.